The summed E-state index contributed by atoms with van der Waals surface area (Å²) in [6.07, 6.45) is 0.794. The second kappa shape index (κ2) is 4.95. The number of aryl methyl sites for hydroxylation is 3. The number of benzene rings is 2. The Labute approximate surface area is 112 Å². The molecule has 0 aliphatic rings. The number of carbonyl (C=O) groups excluding carboxylic acids is 1. The molecule has 92 valence electrons. The Morgan fingerprint density at radius 2 is 1.61 bits per heavy atom. The lowest BCUT2D eigenvalue weighted by atomic mass is 9.95. The van der Waals surface area contributed by atoms with Gasteiger partial charge in [-0.15, -0.1) is 0 Å². The van der Waals surface area contributed by atoms with E-state index < -0.39 is 0 Å². The van der Waals surface area contributed by atoms with Gasteiger partial charge in [0, 0.05) is 5.56 Å². The van der Waals surface area contributed by atoms with Crippen molar-refractivity contribution in [1.82, 2.24) is 0 Å². The van der Waals surface area contributed by atoms with E-state index in [4.69, 9.17) is 11.6 Å². The normalized spacial score (nSPS) is 10.4. The molecule has 2 heteroatoms. The zero-order valence-corrected chi connectivity index (χ0v) is 11.5. The predicted molar refractivity (Wildman–Crippen MR) is 76.5 cm³/mol. The van der Waals surface area contributed by atoms with Gasteiger partial charge in [-0.1, -0.05) is 29.8 Å². The molecule has 0 fully saturated rings. The SMILES string of the molecule is Cc1cc(C)c(-c2ccc(Cl)c(C=O)c2)cc1C. The van der Waals surface area contributed by atoms with Gasteiger partial charge in [0.1, 0.15) is 0 Å². The number of halogens is 1. The van der Waals surface area contributed by atoms with Crippen LogP contribution >= 0.6 is 11.6 Å². The van der Waals surface area contributed by atoms with E-state index in [0.717, 1.165) is 17.4 Å². The van der Waals surface area contributed by atoms with Gasteiger partial charge in [0.05, 0.1) is 5.02 Å². The molecule has 0 bridgehead atoms. The van der Waals surface area contributed by atoms with Crippen LogP contribution in [0.4, 0.5) is 0 Å². The number of rotatable bonds is 2. The molecule has 0 N–H and O–H groups in total. The van der Waals surface area contributed by atoms with Crippen LogP contribution in [0.25, 0.3) is 11.1 Å². The number of carbonyl (C=O) groups is 1. The fraction of sp³-hybridized carbons (Fsp3) is 0.188. The number of aldehydes is 1. The lowest BCUT2D eigenvalue weighted by Gasteiger charge is -2.11. The van der Waals surface area contributed by atoms with E-state index in [9.17, 15) is 4.79 Å². The Bertz CT molecular complexity index is 615. The molecule has 2 rings (SSSR count). The molecule has 18 heavy (non-hydrogen) atoms. The third-order valence-corrected chi connectivity index (χ3v) is 3.62. The molecule has 0 spiro atoms. The van der Waals surface area contributed by atoms with Crippen molar-refractivity contribution in [2.24, 2.45) is 0 Å². The fourth-order valence-corrected chi connectivity index (χ4v) is 2.24. The van der Waals surface area contributed by atoms with Crippen LogP contribution in [0.1, 0.15) is 27.0 Å². The molecule has 2 aromatic rings. The quantitative estimate of drug-likeness (QED) is 0.711. The van der Waals surface area contributed by atoms with Crippen LogP contribution in [0.3, 0.4) is 0 Å². The smallest absolute Gasteiger partial charge is 0.151 e. The lowest BCUT2D eigenvalue weighted by molar-refractivity contribution is 0.112. The van der Waals surface area contributed by atoms with E-state index in [1.165, 1.54) is 16.7 Å². The molecule has 0 amide bonds. The zero-order chi connectivity index (χ0) is 13.3. The first-order valence-electron chi connectivity index (χ1n) is 5.86. The monoisotopic (exact) mass is 258 g/mol. The Hall–Kier alpha value is -1.60. The van der Waals surface area contributed by atoms with Crippen LogP contribution in [0, 0.1) is 20.8 Å². The molecule has 0 saturated carbocycles. The van der Waals surface area contributed by atoms with Crippen molar-refractivity contribution < 1.29 is 4.79 Å². The van der Waals surface area contributed by atoms with Gasteiger partial charge in [-0.3, -0.25) is 4.79 Å². The van der Waals surface area contributed by atoms with E-state index in [2.05, 4.69) is 32.9 Å². The summed E-state index contributed by atoms with van der Waals surface area (Å²) in [7, 11) is 0. The van der Waals surface area contributed by atoms with Crippen molar-refractivity contribution in [1.29, 1.82) is 0 Å². The van der Waals surface area contributed by atoms with E-state index in [1.54, 1.807) is 6.07 Å². The zero-order valence-electron chi connectivity index (χ0n) is 10.8. The van der Waals surface area contributed by atoms with E-state index >= 15 is 0 Å². The summed E-state index contributed by atoms with van der Waals surface area (Å²) >= 11 is 5.95. The van der Waals surface area contributed by atoms with Crippen LogP contribution in [-0.4, -0.2) is 6.29 Å². The van der Waals surface area contributed by atoms with Crippen LogP contribution in [0.5, 0.6) is 0 Å². The maximum Gasteiger partial charge on any atom is 0.151 e. The summed E-state index contributed by atoms with van der Waals surface area (Å²) in [6, 6.07) is 9.89. The van der Waals surface area contributed by atoms with Crippen molar-refractivity contribution in [3.63, 3.8) is 0 Å². The average molecular weight is 259 g/mol. The summed E-state index contributed by atoms with van der Waals surface area (Å²) in [5.41, 5.74) is 6.45. The minimum Gasteiger partial charge on any atom is -0.298 e. The Morgan fingerprint density at radius 1 is 0.944 bits per heavy atom. The van der Waals surface area contributed by atoms with E-state index in [0.29, 0.717) is 10.6 Å². The van der Waals surface area contributed by atoms with Crippen LogP contribution < -0.4 is 0 Å². The fourth-order valence-electron chi connectivity index (χ4n) is 2.07. The summed E-state index contributed by atoms with van der Waals surface area (Å²) in [6.45, 7) is 6.27. The summed E-state index contributed by atoms with van der Waals surface area (Å²) in [5.74, 6) is 0. The molecular weight excluding hydrogens is 244 g/mol. The summed E-state index contributed by atoms with van der Waals surface area (Å²) < 4.78 is 0. The predicted octanol–water partition coefficient (Wildman–Crippen LogP) is 4.74. The summed E-state index contributed by atoms with van der Waals surface area (Å²) in [5, 5.41) is 0.496. The van der Waals surface area contributed by atoms with E-state index in [-0.39, 0.29) is 0 Å². The van der Waals surface area contributed by atoms with Gasteiger partial charge in [0.15, 0.2) is 6.29 Å². The number of hydrogen-bond donors (Lipinski definition) is 0. The molecule has 0 atom stereocenters. The second-order valence-corrected chi connectivity index (χ2v) is 5.01. The van der Waals surface area contributed by atoms with Crippen LogP contribution in [-0.2, 0) is 0 Å². The molecule has 0 saturated heterocycles. The molecule has 1 nitrogen and oxygen atoms in total. The highest BCUT2D eigenvalue weighted by Crippen LogP contribution is 2.29. The van der Waals surface area contributed by atoms with Crippen molar-refractivity contribution in [3.05, 3.63) is 57.6 Å². The highest BCUT2D eigenvalue weighted by atomic mass is 35.5. The molecule has 0 aliphatic carbocycles. The molecule has 0 radical (unpaired) electrons. The minimum absolute atomic E-state index is 0.496. The molecule has 0 aliphatic heterocycles. The van der Waals surface area contributed by atoms with Gasteiger partial charge in [-0.2, -0.15) is 0 Å². The van der Waals surface area contributed by atoms with Gasteiger partial charge < -0.3 is 0 Å². The number of hydrogen-bond acceptors (Lipinski definition) is 1. The van der Waals surface area contributed by atoms with Crippen molar-refractivity contribution in [2.45, 2.75) is 20.8 Å². The molecular formula is C16H15ClO. The highest BCUT2D eigenvalue weighted by molar-refractivity contribution is 6.33. The van der Waals surface area contributed by atoms with Gasteiger partial charge in [0.25, 0.3) is 0 Å². The maximum absolute atomic E-state index is 10.9. The standard InChI is InChI=1S/C16H15ClO/c1-10-6-12(3)15(7-11(10)2)13-4-5-16(17)14(8-13)9-18/h4-9H,1-3H3. The topological polar surface area (TPSA) is 17.1 Å². The second-order valence-electron chi connectivity index (χ2n) is 4.61. The minimum atomic E-state index is 0.496. The van der Waals surface area contributed by atoms with Crippen molar-refractivity contribution in [2.75, 3.05) is 0 Å². The maximum atomic E-state index is 10.9. The highest BCUT2D eigenvalue weighted by Gasteiger charge is 2.07. The average Bonchev–Trinajstić information content (AvgIpc) is 2.35. The van der Waals surface area contributed by atoms with E-state index in [1.807, 2.05) is 12.1 Å². The molecule has 0 aromatic heterocycles. The molecule has 0 unspecified atom stereocenters. The van der Waals surface area contributed by atoms with Crippen LogP contribution in [0.2, 0.25) is 5.02 Å². The van der Waals surface area contributed by atoms with Gasteiger partial charge in [-0.25, -0.2) is 0 Å². The Balaban J connectivity index is 2.62. The van der Waals surface area contributed by atoms with Crippen molar-refractivity contribution >= 4 is 17.9 Å². The lowest BCUT2D eigenvalue weighted by Crippen LogP contribution is -1.90. The van der Waals surface area contributed by atoms with Crippen LogP contribution in [0.15, 0.2) is 30.3 Å². The van der Waals surface area contributed by atoms with Gasteiger partial charge >= 0.3 is 0 Å². The van der Waals surface area contributed by atoms with Crippen molar-refractivity contribution in [3.8, 4) is 11.1 Å². The first-order chi connectivity index (χ1) is 8.52. The molecule has 0 heterocycles. The first kappa shape index (κ1) is 12.8. The Morgan fingerprint density at radius 3 is 2.28 bits per heavy atom. The third-order valence-electron chi connectivity index (χ3n) is 3.27. The largest absolute Gasteiger partial charge is 0.298 e. The third kappa shape index (κ3) is 2.32. The van der Waals surface area contributed by atoms with Gasteiger partial charge in [-0.05, 0) is 60.7 Å². The first-order valence-corrected chi connectivity index (χ1v) is 6.23. The summed E-state index contributed by atoms with van der Waals surface area (Å²) in [4.78, 5) is 10.9. The molecule has 2 aromatic carbocycles. The van der Waals surface area contributed by atoms with Gasteiger partial charge in [0.2, 0.25) is 0 Å². The Kier molecular flexibility index (Phi) is 3.53.